The third-order valence-corrected chi connectivity index (χ3v) is 6.84. The highest BCUT2D eigenvalue weighted by Gasteiger charge is 2.34. The largest absolute Gasteiger partial charge is 0.379 e. The normalized spacial score (nSPS) is 20.9. The van der Waals surface area contributed by atoms with Gasteiger partial charge in [-0.1, -0.05) is 6.07 Å². The van der Waals surface area contributed by atoms with Crippen LogP contribution in [0.1, 0.15) is 60.2 Å². The van der Waals surface area contributed by atoms with Crippen LogP contribution in [0.3, 0.4) is 0 Å². The first-order chi connectivity index (χ1) is 14.9. The fourth-order valence-corrected chi connectivity index (χ4v) is 5.16. The summed E-state index contributed by atoms with van der Waals surface area (Å²) >= 11 is 0. The second kappa shape index (κ2) is 7.89. The number of halogens is 2. The van der Waals surface area contributed by atoms with E-state index in [1.807, 2.05) is 11.0 Å². The SMILES string of the molecule is CC(=O)N1CCc2c(c(N3CCCc4cc(C)c(C(F)F)cc43)nn2C2CCOC2)C1. The van der Waals surface area contributed by atoms with Gasteiger partial charge in [-0.3, -0.25) is 9.48 Å². The van der Waals surface area contributed by atoms with Crippen LogP contribution in [-0.2, 0) is 28.9 Å². The maximum Gasteiger partial charge on any atom is 0.264 e. The van der Waals surface area contributed by atoms with E-state index < -0.39 is 6.43 Å². The molecule has 1 atom stereocenters. The number of nitrogens with zero attached hydrogens (tertiary/aromatic N) is 4. The van der Waals surface area contributed by atoms with Gasteiger partial charge in [-0.25, -0.2) is 8.78 Å². The van der Waals surface area contributed by atoms with Gasteiger partial charge in [0.2, 0.25) is 5.91 Å². The molecule has 8 heteroatoms. The minimum atomic E-state index is -2.51. The number of alkyl halides is 2. The fourth-order valence-electron chi connectivity index (χ4n) is 5.16. The number of carbonyl (C=O) groups excluding carboxylic acids is 1. The topological polar surface area (TPSA) is 50.6 Å². The molecule has 1 aromatic carbocycles. The second-order valence-corrected chi connectivity index (χ2v) is 8.79. The maximum atomic E-state index is 13.7. The van der Waals surface area contributed by atoms with Crippen molar-refractivity contribution in [3.63, 3.8) is 0 Å². The molecule has 166 valence electrons. The van der Waals surface area contributed by atoms with Gasteiger partial charge >= 0.3 is 0 Å². The third kappa shape index (κ3) is 3.50. The lowest BCUT2D eigenvalue weighted by atomic mass is 9.95. The van der Waals surface area contributed by atoms with Gasteiger partial charge in [0.15, 0.2) is 5.82 Å². The Bertz CT molecular complexity index is 1010. The lowest BCUT2D eigenvalue weighted by molar-refractivity contribution is -0.129. The minimum Gasteiger partial charge on any atom is -0.379 e. The molecular formula is C23H28F2N4O2. The summed E-state index contributed by atoms with van der Waals surface area (Å²) in [6, 6.07) is 3.73. The summed E-state index contributed by atoms with van der Waals surface area (Å²) in [6.45, 7) is 6.60. The molecule has 1 aromatic heterocycles. The predicted octanol–water partition coefficient (Wildman–Crippen LogP) is 4.08. The number of amides is 1. The Morgan fingerprint density at radius 2 is 2.10 bits per heavy atom. The van der Waals surface area contributed by atoms with Crippen LogP contribution in [0.15, 0.2) is 12.1 Å². The number of aromatic nitrogens is 2. The number of hydrogen-bond acceptors (Lipinski definition) is 4. The Hall–Kier alpha value is -2.48. The minimum absolute atomic E-state index is 0.0446. The summed E-state index contributed by atoms with van der Waals surface area (Å²) in [4.78, 5) is 16.0. The number of rotatable bonds is 3. The Morgan fingerprint density at radius 3 is 2.81 bits per heavy atom. The summed E-state index contributed by atoms with van der Waals surface area (Å²) in [5, 5.41) is 5.02. The van der Waals surface area contributed by atoms with E-state index in [9.17, 15) is 13.6 Å². The molecule has 0 radical (unpaired) electrons. The molecule has 1 fully saturated rings. The molecule has 2 aromatic rings. The van der Waals surface area contributed by atoms with Crippen molar-refractivity contribution < 1.29 is 18.3 Å². The number of hydrogen-bond donors (Lipinski definition) is 0. The number of benzene rings is 1. The van der Waals surface area contributed by atoms with Crippen molar-refractivity contribution in [2.24, 2.45) is 0 Å². The molecule has 1 unspecified atom stereocenters. The first kappa shape index (κ1) is 20.4. The van der Waals surface area contributed by atoms with Crippen LogP contribution in [-0.4, -0.2) is 46.9 Å². The van der Waals surface area contributed by atoms with Crippen LogP contribution in [0.5, 0.6) is 0 Å². The molecule has 1 amide bonds. The Morgan fingerprint density at radius 1 is 1.26 bits per heavy atom. The van der Waals surface area contributed by atoms with Gasteiger partial charge in [-0.15, -0.1) is 0 Å². The van der Waals surface area contributed by atoms with Gasteiger partial charge in [0.05, 0.1) is 19.2 Å². The van der Waals surface area contributed by atoms with Crippen molar-refractivity contribution in [3.05, 3.63) is 40.1 Å². The Balaban J connectivity index is 1.63. The Kier molecular flexibility index (Phi) is 5.20. The predicted molar refractivity (Wildman–Crippen MR) is 113 cm³/mol. The molecule has 0 spiro atoms. The summed E-state index contributed by atoms with van der Waals surface area (Å²) in [5.41, 5.74) is 4.81. The van der Waals surface area contributed by atoms with Crippen LogP contribution in [0.4, 0.5) is 20.3 Å². The summed E-state index contributed by atoms with van der Waals surface area (Å²) in [5.74, 6) is 0.848. The number of ether oxygens (including phenoxy) is 1. The third-order valence-electron chi connectivity index (χ3n) is 6.84. The van der Waals surface area contributed by atoms with Crippen LogP contribution >= 0.6 is 0 Å². The van der Waals surface area contributed by atoms with Gasteiger partial charge in [-0.05, 0) is 43.4 Å². The van der Waals surface area contributed by atoms with Gasteiger partial charge < -0.3 is 14.5 Å². The summed E-state index contributed by atoms with van der Waals surface area (Å²) in [6.07, 6.45) is 0.953. The molecule has 0 aliphatic carbocycles. The first-order valence-electron chi connectivity index (χ1n) is 11.1. The molecular weight excluding hydrogens is 402 g/mol. The van der Waals surface area contributed by atoms with E-state index in [0.29, 0.717) is 25.3 Å². The van der Waals surface area contributed by atoms with Crippen LogP contribution < -0.4 is 4.90 Å². The molecule has 5 rings (SSSR count). The maximum absolute atomic E-state index is 13.7. The molecule has 1 saturated heterocycles. The van der Waals surface area contributed by atoms with E-state index in [0.717, 1.165) is 67.2 Å². The number of anilines is 2. The second-order valence-electron chi connectivity index (χ2n) is 8.79. The van der Waals surface area contributed by atoms with Gasteiger partial charge in [-0.2, -0.15) is 5.10 Å². The van der Waals surface area contributed by atoms with Crippen LogP contribution in [0, 0.1) is 6.92 Å². The van der Waals surface area contributed by atoms with E-state index in [2.05, 4.69) is 9.58 Å². The van der Waals surface area contributed by atoms with Crippen molar-refractivity contribution in [1.29, 1.82) is 0 Å². The monoisotopic (exact) mass is 430 g/mol. The van der Waals surface area contributed by atoms with Crippen molar-refractivity contribution in [3.8, 4) is 0 Å². The van der Waals surface area contributed by atoms with Gasteiger partial charge in [0.25, 0.3) is 6.43 Å². The number of carbonyl (C=O) groups is 1. The van der Waals surface area contributed by atoms with E-state index >= 15 is 0 Å². The van der Waals surface area contributed by atoms with Crippen molar-refractivity contribution in [2.75, 3.05) is 31.2 Å². The van der Waals surface area contributed by atoms with Crippen molar-refractivity contribution >= 4 is 17.4 Å². The van der Waals surface area contributed by atoms with Crippen LogP contribution in [0.2, 0.25) is 0 Å². The standard InChI is InChI=1S/C23H28F2N4O2/c1-14-10-16-4-3-7-28(21(16)11-18(14)22(24)25)23-19-12-27(15(2)30)8-5-20(19)29(26-23)17-6-9-31-13-17/h10-11,17,22H,3-9,12-13H2,1-2H3. The smallest absolute Gasteiger partial charge is 0.264 e. The molecule has 31 heavy (non-hydrogen) atoms. The zero-order valence-electron chi connectivity index (χ0n) is 18.0. The first-order valence-corrected chi connectivity index (χ1v) is 11.1. The van der Waals surface area contributed by atoms with E-state index in [1.165, 1.54) is 0 Å². The molecule has 0 N–H and O–H groups in total. The zero-order chi connectivity index (χ0) is 21.7. The quantitative estimate of drug-likeness (QED) is 0.736. The highest BCUT2D eigenvalue weighted by Crippen LogP contribution is 2.41. The summed E-state index contributed by atoms with van der Waals surface area (Å²) in [7, 11) is 0. The van der Waals surface area contributed by atoms with E-state index in [-0.39, 0.29) is 17.5 Å². The zero-order valence-corrected chi connectivity index (χ0v) is 18.0. The lowest BCUT2D eigenvalue weighted by Crippen LogP contribution is -2.35. The van der Waals surface area contributed by atoms with Crippen molar-refractivity contribution in [2.45, 2.75) is 58.5 Å². The van der Waals surface area contributed by atoms with Crippen molar-refractivity contribution in [1.82, 2.24) is 14.7 Å². The molecule has 0 saturated carbocycles. The molecule has 0 bridgehead atoms. The molecule has 3 aliphatic rings. The number of fused-ring (bicyclic) bond motifs is 2. The summed E-state index contributed by atoms with van der Waals surface area (Å²) < 4.78 is 35.0. The average molecular weight is 430 g/mol. The lowest BCUT2D eigenvalue weighted by Gasteiger charge is -2.33. The molecule has 3 aliphatic heterocycles. The highest BCUT2D eigenvalue weighted by molar-refractivity contribution is 5.75. The van der Waals surface area contributed by atoms with Gasteiger partial charge in [0, 0.05) is 55.5 Å². The molecule has 6 nitrogen and oxygen atoms in total. The van der Waals surface area contributed by atoms with E-state index in [1.54, 1.807) is 19.9 Å². The Labute approximate surface area is 180 Å². The highest BCUT2D eigenvalue weighted by atomic mass is 19.3. The fraction of sp³-hybridized carbons (Fsp3) is 0.565. The van der Waals surface area contributed by atoms with Gasteiger partial charge in [0.1, 0.15) is 0 Å². The number of aryl methyl sites for hydroxylation is 2. The van der Waals surface area contributed by atoms with E-state index in [4.69, 9.17) is 9.84 Å². The van der Waals surface area contributed by atoms with Crippen LogP contribution in [0.25, 0.3) is 0 Å². The molecule has 4 heterocycles. The average Bonchev–Trinajstić information content (AvgIpc) is 3.40.